The lowest BCUT2D eigenvalue weighted by molar-refractivity contribution is -0.121. The molecule has 110 valence electrons. The minimum Gasteiger partial charge on any atom is -0.353 e. The molecule has 1 aliphatic rings. The predicted molar refractivity (Wildman–Crippen MR) is 79.3 cm³/mol. The average molecular weight is 276 g/mol. The molecule has 5 nitrogen and oxygen atoms in total. The Bertz CT molecular complexity index is 472. The maximum Gasteiger partial charge on any atom is 0.224 e. The number of likely N-dealkylation sites (tertiary alicyclic amines) is 1. The maximum absolute atomic E-state index is 12.0. The highest BCUT2D eigenvalue weighted by Gasteiger charge is 2.20. The molecule has 0 unspecified atom stereocenters. The number of hydrogen-bond donors (Lipinski definition) is 1. The van der Waals surface area contributed by atoms with Crippen molar-refractivity contribution in [2.24, 2.45) is 7.05 Å². The quantitative estimate of drug-likeness (QED) is 0.820. The van der Waals surface area contributed by atoms with Crippen LogP contribution in [0.15, 0.2) is 24.5 Å². The molecular weight excluding hydrogens is 252 g/mol. The largest absolute Gasteiger partial charge is 0.353 e. The number of nitrogens with zero attached hydrogens (tertiary/aromatic N) is 3. The SMILES string of the molecule is C=C(C)CN1CCC(NC(=O)Cc2cnn(C)c2)CC1. The minimum atomic E-state index is 0.0938. The van der Waals surface area contributed by atoms with E-state index in [0.717, 1.165) is 38.0 Å². The molecule has 1 aliphatic heterocycles. The monoisotopic (exact) mass is 276 g/mol. The Kier molecular flexibility index (Phi) is 4.95. The molecule has 0 atom stereocenters. The van der Waals surface area contributed by atoms with E-state index in [-0.39, 0.29) is 5.91 Å². The predicted octanol–water partition coefficient (Wildman–Crippen LogP) is 1.12. The summed E-state index contributed by atoms with van der Waals surface area (Å²) >= 11 is 0. The van der Waals surface area contributed by atoms with E-state index in [1.807, 2.05) is 13.2 Å². The first-order valence-corrected chi connectivity index (χ1v) is 7.16. The van der Waals surface area contributed by atoms with Crippen molar-refractivity contribution in [1.29, 1.82) is 0 Å². The summed E-state index contributed by atoms with van der Waals surface area (Å²) in [6, 6.07) is 0.306. The third kappa shape index (κ3) is 4.49. The zero-order chi connectivity index (χ0) is 14.5. The number of piperidine rings is 1. The Hall–Kier alpha value is -1.62. The van der Waals surface area contributed by atoms with Crippen molar-refractivity contribution in [3.8, 4) is 0 Å². The van der Waals surface area contributed by atoms with Gasteiger partial charge in [-0.3, -0.25) is 14.4 Å². The van der Waals surface area contributed by atoms with Gasteiger partial charge in [-0.15, -0.1) is 0 Å². The van der Waals surface area contributed by atoms with Gasteiger partial charge in [0.05, 0.1) is 12.6 Å². The highest BCUT2D eigenvalue weighted by Crippen LogP contribution is 2.11. The number of rotatable bonds is 5. The van der Waals surface area contributed by atoms with Crippen molar-refractivity contribution >= 4 is 5.91 Å². The first-order chi connectivity index (χ1) is 9.52. The first kappa shape index (κ1) is 14.8. The summed E-state index contributed by atoms with van der Waals surface area (Å²) in [6.45, 7) is 9.04. The smallest absolute Gasteiger partial charge is 0.224 e. The van der Waals surface area contributed by atoms with Crippen LogP contribution in [0.1, 0.15) is 25.3 Å². The molecule has 0 spiro atoms. The zero-order valence-electron chi connectivity index (χ0n) is 12.4. The van der Waals surface area contributed by atoms with Gasteiger partial charge >= 0.3 is 0 Å². The molecule has 1 aromatic rings. The zero-order valence-corrected chi connectivity index (χ0v) is 12.4. The van der Waals surface area contributed by atoms with Gasteiger partial charge in [-0.1, -0.05) is 12.2 Å². The lowest BCUT2D eigenvalue weighted by atomic mass is 10.0. The Morgan fingerprint density at radius 2 is 2.20 bits per heavy atom. The molecule has 0 saturated carbocycles. The molecular formula is C15H24N4O. The van der Waals surface area contributed by atoms with Crippen LogP contribution in [-0.2, 0) is 18.3 Å². The number of aromatic nitrogens is 2. The molecule has 20 heavy (non-hydrogen) atoms. The molecule has 1 N–H and O–H groups in total. The van der Waals surface area contributed by atoms with Crippen LogP contribution in [0.4, 0.5) is 0 Å². The number of amides is 1. The number of hydrogen-bond acceptors (Lipinski definition) is 3. The average Bonchev–Trinajstić information content (AvgIpc) is 2.76. The number of aryl methyl sites for hydroxylation is 1. The second-order valence-corrected chi connectivity index (χ2v) is 5.77. The summed E-state index contributed by atoms with van der Waals surface area (Å²) in [4.78, 5) is 14.4. The van der Waals surface area contributed by atoms with E-state index in [1.165, 1.54) is 5.57 Å². The van der Waals surface area contributed by atoms with Crippen molar-refractivity contribution in [1.82, 2.24) is 20.0 Å². The fourth-order valence-corrected chi connectivity index (χ4v) is 2.64. The highest BCUT2D eigenvalue weighted by molar-refractivity contribution is 5.78. The Labute approximate surface area is 120 Å². The number of carbonyl (C=O) groups is 1. The Morgan fingerprint density at radius 1 is 1.50 bits per heavy atom. The van der Waals surface area contributed by atoms with E-state index in [0.29, 0.717) is 12.5 Å². The second kappa shape index (κ2) is 6.70. The van der Waals surface area contributed by atoms with Crippen LogP contribution < -0.4 is 5.32 Å². The van der Waals surface area contributed by atoms with Gasteiger partial charge in [0, 0.05) is 38.9 Å². The van der Waals surface area contributed by atoms with E-state index in [1.54, 1.807) is 10.9 Å². The summed E-state index contributed by atoms with van der Waals surface area (Å²) in [7, 11) is 1.86. The van der Waals surface area contributed by atoms with Gasteiger partial charge < -0.3 is 5.32 Å². The van der Waals surface area contributed by atoms with Gasteiger partial charge in [-0.2, -0.15) is 5.10 Å². The second-order valence-electron chi connectivity index (χ2n) is 5.77. The molecule has 1 saturated heterocycles. The summed E-state index contributed by atoms with van der Waals surface area (Å²) in [6.07, 6.45) is 6.09. The minimum absolute atomic E-state index is 0.0938. The normalized spacial score (nSPS) is 17.1. The lowest BCUT2D eigenvalue weighted by Crippen LogP contribution is -2.45. The van der Waals surface area contributed by atoms with E-state index >= 15 is 0 Å². The lowest BCUT2D eigenvalue weighted by Gasteiger charge is -2.32. The maximum atomic E-state index is 12.0. The fraction of sp³-hybridized carbons (Fsp3) is 0.600. The van der Waals surface area contributed by atoms with Crippen LogP contribution in [0.3, 0.4) is 0 Å². The van der Waals surface area contributed by atoms with Crippen LogP contribution in [0, 0.1) is 0 Å². The van der Waals surface area contributed by atoms with E-state index in [4.69, 9.17) is 0 Å². The topological polar surface area (TPSA) is 50.2 Å². The van der Waals surface area contributed by atoms with Gasteiger partial charge in [0.1, 0.15) is 0 Å². The van der Waals surface area contributed by atoms with Crippen LogP contribution in [0.2, 0.25) is 0 Å². The third-order valence-corrected chi connectivity index (χ3v) is 3.57. The standard InChI is InChI=1S/C15H24N4O/c1-12(2)10-19-6-4-14(5-7-19)17-15(20)8-13-9-16-18(3)11-13/h9,11,14H,1,4-8,10H2,2-3H3,(H,17,20). The molecule has 2 rings (SSSR count). The number of nitrogens with one attached hydrogen (secondary N) is 1. The molecule has 0 aliphatic carbocycles. The van der Waals surface area contributed by atoms with Crippen LogP contribution >= 0.6 is 0 Å². The van der Waals surface area contributed by atoms with Gasteiger partial charge in [-0.25, -0.2) is 0 Å². The molecule has 2 heterocycles. The van der Waals surface area contributed by atoms with Gasteiger partial charge in [0.25, 0.3) is 0 Å². The van der Waals surface area contributed by atoms with Crippen molar-refractivity contribution < 1.29 is 4.79 Å². The number of carbonyl (C=O) groups excluding carboxylic acids is 1. The molecule has 5 heteroatoms. The Morgan fingerprint density at radius 3 is 2.75 bits per heavy atom. The van der Waals surface area contributed by atoms with Crippen LogP contribution in [0.25, 0.3) is 0 Å². The molecule has 0 bridgehead atoms. The van der Waals surface area contributed by atoms with E-state index < -0.39 is 0 Å². The van der Waals surface area contributed by atoms with Gasteiger partial charge in [0.2, 0.25) is 5.91 Å². The van der Waals surface area contributed by atoms with Crippen molar-refractivity contribution in [2.75, 3.05) is 19.6 Å². The van der Waals surface area contributed by atoms with E-state index in [2.05, 4.69) is 28.8 Å². The Balaban J connectivity index is 1.72. The third-order valence-electron chi connectivity index (χ3n) is 3.57. The summed E-state index contributed by atoms with van der Waals surface area (Å²) in [5.74, 6) is 0.0938. The van der Waals surface area contributed by atoms with Crippen molar-refractivity contribution in [3.63, 3.8) is 0 Å². The van der Waals surface area contributed by atoms with Crippen molar-refractivity contribution in [3.05, 3.63) is 30.1 Å². The summed E-state index contributed by atoms with van der Waals surface area (Å²) in [5, 5.41) is 7.20. The van der Waals surface area contributed by atoms with Crippen LogP contribution in [0.5, 0.6) is 0 Å². The van der Waals surface area contributed by atoms with E-state index in [9.17, 15) is 4.79 Å². The fourth-order valence-electron chi connectivity index (χ4n) is 2.64. The molecule has 1 fully saturated rings. The van der Waals surface area contributed by atoms with Gasteiger partial charge in [0.15, 0.2) is 0 Å². The molecule has 0 radical (unpaired) electrons. The van der Waals surface area contributed by atoms with Crippen molar-refractivity contribution in [2.45, 2.75) is 32.2 Å². The summed E-state index contributed by atoms with van der Waals surface area (Å²) < 4.78 is 1.72. The molecule has 1 aromatic heterocycles. The van der Waals surface area contributed by atoms with Gasteiger partial charge in [-0.05, 0) is 25.3 Å². The molecule has 1 amide bonds. The first-order valence-electron chi connectivity index (χ1n) is 7.16. The highest BCUT2D eigenvalue weighted by atomic mass is 16.1. The summed E-state index contributed by atoms with van der Waals surface area (Å²) in [5.41, 5.74) is 2.16. The molecule has 0 aromatic carbocycles. The van der Waals surface area contributed by atoms with Crippen LogP contribution in [-0.4, -0.2) is 46.3 Å².